The summed E-state index contributed by atoms with van der Waals surface area (Å²) < 4.78 is 0. The molecule has 0 amide bonds. The Kier molecular flexibility index (Phi) is 3.93. The van der Waals surface area contributed by atoms with Gasteiger partial charge in [0.2, 0.25) is 0 Å². The van der Waals surface area contributed by atoms with E-state index in [9.17, 15) is 4.79 Å². The molecule has 1 nitrogen and oxygen atoms in total. The molecule has 0 aromatic heterocycles. The van der Waals surface area contributed by atoms with Crippen molar-refractivity contribution >= 4 is 17.4 Å². The third-order valence-corrected chi connectivity index (χ3v) is 5.29. The highest BCUT2D eigenvalue weighted by atomic mass is 35.5. The highest BCUT2D eigenvalue weighted by Crippen LogP contribution is 2.43. The number of ketones is 1. The van der Waals surface area contributed by atoms with Gasteiger partial charge in [0, 0.05) is 16.5 Å². The van der Waals surface area contributed by atoms with Gasteiger partial charge < -0.3 is 0 Å². The van der Waals surface area contributed by atoms with Crippen molar-refractivity contribution in [2.75, 3.05) is 0 Å². The van der Waals surface area contributed by atoms with E-state index in [1.807, 2.05) is 24.3 Å². The largest absolute Gasteiger partial charge is 0.294 e. The van der Waals surface area contributed by atoms with E-state index in [2.05, 4.69) is 0 Å². The molecule has 0 spiro atoms. The molecule has 2 fully saturated rings. The van der Waals surface area contributed by atoms with Crippen molar-refractivity contribution in [3.63, 3.8) is 0 Å². The molecule has 0 bridgehead atoms. The van der Waals surface area contributed by atoms with Crippen LogP contribution in [0.25, 0.3) is 0 Å². The Morgan fingerprint density at radius 1 is 0.947 bits per heavy atom. The molecule has 2 aliphatic carbocycles. The summed E-state index contributed by atoms with van der Waals surface area (Å²) in [5, 5.41) is 0.701. The van der Waals surface area contributed by atoms with Crippen molar-refractivity contribution in [2.24, 2.45) is 17.8 Å². The Bertz CT molecular complexity index is 451. The van der Waals surface area contributed by atoms with Gasteiger partial charge in [0.05, 0.1) is 0 Å². The molecule has 19 heavy (non-hydrogen) atoms. The fourth-order valence-corrected chi connectivity index (χ4v) is 4.09. The number of halogens is 1. The summed E-state index contributed by atoms with van der Waals surface area (Å²) in [6, 6.07) is 7.39. The van der Waals surface area contributed by atoms with Gasteiger partial charge in [0.15, 0.2) is 5.78 Å². The normalized spacial score (nSPS) is 30.7. The van der Waals surface area contributed by atoms with E-state index >= 15 is 0 Å². The molecule has 0 N–H and O–H groups in total. The van der Waals surface area contributed by atoms with Crippen LogP contribution in [0.15, 0.2) is 24.3 Å². The van der Waals surface area contributed by atoms with Crippen molar-refractivity contribution in [2.45, 2.75) is 44.9 Å². The number of rotatable bonds is 2. The van der Waals surface area contributed by atoms with Crippen LogP contribution in [0, 0.1) is 17.8 Å². The molecular weight excluding hydrogens is 256 g/mol. The van der Waals surface area contributed by atoms with Crippen LogP contribution >= 0.6 is 11.6 Å². The first-order valence-corrected chi connectivity index (χ1v) is 7.91. The quantitative estimate of drug-likeness (QED) is 0.685. The smallest absolute Gasteiger partial charge is 0.165 e. The van der Waals surface area contributed by atoms with Crippen LogP contribution in [0.1, 0.15) is 55.3 Å². The van der Waals surface area contributed by atoms with E-state index in [0.29, 0.717) is 10.8 Å². The van der Waals surface area contributed by atoms with Gasteiger partial charge in [-0.1, -0.05) is 37.3 Å². The molecule has 0 saturated heterocycles. The molecule has 2 saturated carbocycles. The molecular formula is C17H21ClO. The Morgan fingerprint density at radius 2 is 1.63 bits per heavy atom. The second-order valence-electron chi connectivity index (χ2n) is 6.19. The molecule has 2 aliphatic rings. The molecule has 1 aromatic rings. The van der Waals surface area contributed by atoms with E-state index < -0.39 is 0 Å². The fourth-order valence-electron chi connectivity index (χ4n) is 3.96. The molecule has 1 aromatic carbocycles. The van der Waals surface area contributed by atoms with Crippen LogP contribution in [-0.4, -0.2) is 5.78 Å². The summed E-state index contributed by atoms with van der Waals surface area (Å²) in [4.78, 5) is 12.5. The van der Waals surface area contributed by atoms with Crippen molar-refractivity contribution in [1.82, 2.24) is 0 Å². The van der Waals surface area contributed by atoms with Crippen molar-refractivity contribution < 1.29 is 4.79 Å². The SMILES string of the molecule is O=C(c1ccc(Cl)cc1)C1CCC2CCCCC2C1. The lowest BCUT2D eigenvalue weighted by Gasteiger charge is -2.38. The Labute approximate surface area is 120 Å². The van der Waals surface area contributed by atoms with E-state index in [-0.39, 0.29) is 5.92 Å². The van der Waals surface area contributed by atoms with Gasteiger partial charge in [0.1, 0.15) is 0 Å². The molecule has 0 heterocycles. The minimum Gasteiger partial charge on any atom is -0.294 e. The van der Waals surface area contributed by atoms with Gasteiger partial charge in [-0.3, -0.25) is 4.79 Å². The molecule has 102 valence electrons. The van der Waals surface area contributed by atoms with Gasteiger partial charge in [-0.25, -0.2) is 0 Å². The summed E-state index contributed by atoms with van der Waals surface area (Å²) in [5.41, 5.74) is 0.837. The first-order chi connectivity index (χ1) is 9.24. The highest BCUT2D eigenvalue weighted by Gasteiger charge is 2.35. The van der Waals surface area contributed by atoms with Gasteiger partial charge in [-0.15, -0.1) is 0 Å². The van der Waals surface area contributed by atoms with Crippen LogP contribution < -0.4 is 0 Å². The summed E-state index contributed by atoms with van der Waals surface area (Å²) in [6.07, 6.45) is 8.96. The fraction of sp³-hybridized carbons (Fsp3) is 0.588. The molecule has 3 rings (SSSR count). The zero-order valence-electron chi connectivity index (χ0n) is 11.3. The van der Waals surface area contributed by atoms with Gasteiger partial charge in [0.25, 0.3) is 0 Å². The zero-order chi connectivity index (χ0) is 13.2. The Balaban J connectivity index is 1.69. The lowest BCUT2D eigenvalue weighted by atomic mass is 9.66. The Morgan fingerprint density at radius 3 is 2.37 bits per heavy atom. The van der Waals surface area contributed by atoms with E-state index in [1.165, 1.54) is 32.1 Å². The van der Waals surface area contributed by atoms with Crippen molar-refractivity contribution in [3.05, 3.63) is 34.9 Å². The molecule has 3 unspecified atom stereocenters. The third-order valence-electron chi connectivity index (χ3n) is 5.04. The first-order valence-electron chi connectivity index (χ1n) is 7.54. The maximum absolute atomic E-state index is 12.5. The summed E-state index contributed by atoms with van der Waals surface area (Å²) >= 11 is 5.88. The second-order valence-corrected chi connectivity index (χ2v) is 6.62. The first kappa shape index (κ1) is 13.2. The van der Waals surface area contributed by atoms with Crippen LogP contribution in [0.5, 0.6) is 0 Å². The van der Waals surface area contributed by atoms with Gasteiger partial charge in [-0.2, -0.15) is 0 Å². The monoisotopic (exact) mass is 276 g/mol. The Hall–Kier alpha value is -0.820. The number of benzene rings is 1. The maximum atomic E-state index is 12.5. The summed E-state index contributed by atoms with van der Waals surface area (Å²) in [5.74, 6) is 2.30. The van der Waals surface area contributed by atoms with Crippen LogP contribution in [0.3, 0.4) is 0 Å². The average molecular weight is 277 g/mol. The average Bonchev–Trinajstić information content (AvgIpc) is 2.47. The minimum absolute atomic E-state index is 0.250. The van der Waals surface area contributed by atoms with Crippen LogP contribution in [0.4, 0.5) is 0 Å². The minimum atomic E-state index is 0.250. The van der Waals surface area contributed by atoms with Gasteiger partial charge in [-0.05, 0) is 55.4 Å². The number of carbonyl (C=O) groups is 1. The molecule has 3 atom stereocenters. The van der Waals surface area contributed by atoms with Crippen molar-refractivity contribution in [3.8, 4) is 0 Å². The number of fused-ring (bicyclic) bond motifs is 1. The number of Topliss-reactive ketones (excluding diaryl/α,β-unsaturated/α-hetero) is 1. The lowest BCUT2D eigenvalue weighted by molar-refractivity contribution is 0.0763. The third kappa shape index (κ3) is 2.86. The molecule has 0 radical (unpaired) electrons. The van der Waals surface area contributed by atoms with Crippen LogP contribution in [0.2, 0.25) is 5.02 Å². The molecule has 2 heteroatoms. The second kappa shape index (κ2) is 5.66. The number of hydrogen-bond donors (Lipinski definition) is 0. The topological polar surface area (TPSA) is 17.1 Å². The summed E-state index contributed by atoms with van der Waals surface area (Å²) in [7, 11) is 0. The van der Waals surface area contributed by atoms with Crippen molar-refractivity contribution in [1.29, 1.82) is 0 Å². The predicted octanol–water partition coefficient (Wildman–Crippen LogP) is 5.13. The lowest BCUT2D eigenvalue weighted by Crippen LogP contribution is -2.31. The molecule has 0 aliphatic heterocycles. The van der Waals surface area contributed by atoms with E-state index in [0.717, 1.165) is 30.2 Å². The highest BCUT2D eigenvalue weighted by molar-refractivity contribution is 6.30. The standard InChI is InChI=1S/C17H21ClO/c18-16-9-7-13(8-10-16)17(19)15-6-5-12-3-1-2-4-14(12)11-15/h7-10,12,14-15H,1-6,11H2. The van der Waals surface area contributed by atoms with E-state index in [4.69, 9.17) is 11.6 Å². The summed E-state index contributed by atoms with van der Waals surface area (Å²) in [6.45, 7) is 0. The van der Waals surface area contributed by atoms with Crippen LogP contribution in [-0.2, 0) is 0 Å². The zero-order valence-corrected chi connectivity index (χ0v) is 12.0. The number of carbonyl (C=O) groups excluding carboxylic acids is 1. The number of hydrogen-bond acceptors (Lipinski definition) is 1. The maximum Gasteiger partial charge on any atom is 0.165 e. The predicted molar refractivity (Wildman–Crippen MR) is 78.6 cm³/mol. The van der Waals surface area contributed by atoms with Gasteiger partial charge >= 0.3 is 0 Å². The van der Waals surface area contributed by atoms with E-state index in [1.54, 1.807) is 0 Å².